The predicted octanol–water partition coefficient (Wildman–Crippen LogP) is 0.845. The first-order valence-corrected chi connectivity index (χ1v) is 3.66. The van der Waals surface area contributed by atoms with Gasteiger partial charge in [0.25, 0.3) is 5.78 Å². The average Bonchev–Trinajstić information content (AvgIpc) is 2.08. The second-order valence-electron chi connectivity index (χ2n) is 2.71. The number of ketones is 1. The van der Waals surface area contributed by atoms with Crippen LogP contribution in [0.25, 0.3) is 0 Å². The van der Waals surface area contributed by atoms with Crippen LogP contribution in [0.15, 0.2) is 18.2 Å². The Morgan fingerprint density at radius 3 is 2.46 bits per heavy atom. The minimum atomic E-state index is -1.47. The SMILES string of the molecule is Cc1ccc(C(=O)C(=O)O)cc1N. The van der Waals surface area contributed by atoms with Crippen molar-refractivity contribution in [3.05, 3.63) is 29.3 Å². The molecule has 0 aliphatic heterocycles. The summed E-state index contributed by atoms with van der Waals surface area (Å²) >= 11 is 0. The Morgan fingerprint density at radius 2 is 2.00 bits per heavy atom. The highest BCUT2D eigenvalue weighted by Gasteiger charge is 2.14. The monoisotopic (exact) mass is 179 g/mol. The van der Waals surface area contributed by atoms with Crippen molar-refractivity contribution in [3.8, 4) is 0 Å². The van der Waals surface area contributed by atoms with Gasteiger partial charge in [-0.3, -0.25) is 4.79 Å². The van der Waals surface area contributed by atoms with Crippen molar-refractivity contribution in [3.63, 3.8) is 0 Å². The number of anilines is 1. The van der Waals surface area contributed by atoms with E-state index in [-0.39, 0.29) is 5.56 Å². The van der Waals surface area contributed by atoms with Crippen LogP contribution in [0.4, 0.5) is 5.69 Å². The fraction of sp³-hybridized carbons (Fsp3) is 0.111. The number of nitrogens with two attached hydrogens (primary N) is 1. The van der Waals surface area contributed by atoms with Crippen molar-refractivity contribution in [1.29, 1.82) is 0 Å². The molecule has 68 valence electrons. The molecule has 0 bridgehead atoms. The summed E-state index contributed by atoms with van der Waals surface area (Å²) in [6.45, 7) is 1.78. The van der Waals surface area contributed by atoms with E-state index in [1.54, 1.807) is 13.0 Å². The van der Waals surface area contributed by atoms with E-state index in [4.69, 9.17) is 10.8 Å². The lowest BCUT2D eigenvalue weighted by molar-refractivity contribution is -0.131. The van der Waals surface area contributed by atoms with Gasteiger partial charge in [0.1, 0.15) is 0 Å². The predicted molar refractivity (Wildman–Crippen MR) is 47.6 cm³/mol. The molecule has 13 heavy (non-hydrogen) atoms. The first-order valence-electron chi connectivity index (χ1n) is 3.66. The lowest BCUT2D eigenvalue weighted by Gasteiger charge is -2.01. The largest absolute Gasteiger partial charge is 0.475 e. The van der Waals surface area contributed by atoms with E-state index < -0.39 is 11.8 Å². The molecule has 0 aliphatic carbocycles. The zero-order valence-electron chi connectivity index (χ0n) is 7.07. The molecule has 0 aliphatic rings. The Hall–Kier alpha value is -1.84. The molecule has 0 atom stereocenters. The first-order chi connectivity index (χ1) is 6.02. The van der Waals surface area contributed by atoms with Gasteiger partial charge in [-0.25, -0.2) is 4.79 Å². The molecular formula is C9H9NO3. The zero-order chi connectivity index (χ0) is 10.0. The van der Waals surface area contributed by atoms with Crippen LogP contribution >= 0.6 is 0 Å². The highest BCUT2D eigenvalue weighted by atomic mass is 16.4. The summed E-state index contributed by atoms with van der Waals surface area (Å²) in [5.41, 5.74) is 6.86. The number of nitrogen functional groups attached to an aromatic ring is 1. The molecule has 4 heteroatoms. The van der Waals surface area contributed by atoms with E-state index in [0.717, 1.165) is 5.56 Å². The van der Waals surface area contributed by atoms with Crippen LogP contribution in [0, 0.1) is 6.92 Å². The van der Waals surface area contributed by atoms with Crippen molar-refractivity contribution in [2.24, 2.45) is 0 Å². The highest BCUT2D eigenvalue weighted by molar-refractivity contribution is 6.39. The number of hydrogen-bond acceptors (Lipinski definition) is 3. The van der Waals surface area contributed by atoms with Crippen LogP contribution in [0.3, 0.4) is 0 Å². The smallest absolute Gasteiger partial charge is 0.377 e. The van der Waals surface area contributed by atoms with Crippen molar-refractivity contribution in [2.45, 2.75) is 6.92 Å². The lowest BCUT2D eigenvalue weighted by Crippen LogP contribution is -2.12. The third-order valence-corrected chi connectivity index (χ3v) is 1.74. The number of carboxylic acids is 1. The molecule has 1 rings (SSSR count). The number of Topliss-reactive ketones (excluding diaryl/α,β-unsaturated/α-hetero) is 1. The molecule has 0 saturated heterocycles. The van der Waals surface area contributed by atoms with Gasteiger partial charge in [-0.15, -0.1) is 0 Å². The number of carbonyl (C=O) groups is 2. The van der Waals surface area contributed by atoms with Crippen LogP contribution in [0.1, 0.15) is 15.9 Å². The number of aliphatic carboxylic acids is 1. The third kappa shape index (κ3) is 1.84. The number of carbonyl (C=O) groups excluding carboxylic acids is 1. The van der Waals surface area contributed by atoms with Gasteiger partial charge in [0.05, 0.1) is 0 Å². The Bertz CT molecular complexity index is 371. The molecule has 0 unspecified atom stereocenters. The first kappa shape index (κ1) is 9.25. The van der Waals surface area contributed by atoms with Crippen LogP contribution in [0.5, 0.6) is 0 Å². The van der Waals surface area contributed by atoms with Gasteiger partial charge in [-0.1, -0.05) is 12.1 Å². The summed E-state index contributed by atoms with van der Waals surface area (Å²) in [5, 5.41) is 8.41. The Labute approximate surface area is 75.0 Å². The topological polar surface area (TPSA) is 80.4 Å². The van der Waals surface area contributed by atoms with E-state index in [1.807, 2.05) is 0 Å². The Balaban J connectivity index is 3.11. The van der Waals surface area contributed by atoms with E-state index in [9.17, 15) is 9.59 Å². The maximum atomic E-state index is 11.0. The van der Waals surface area contributed by atoms with Gasteiger partial charge in [-0.05, 0) is 18.6 Å². The van der Waals surface area contributed by atoms with Gasteiger partial charge >= 0.3 is 5.97 Å². The Kier molecular flexibility index (Phi) is 2.32. The maximum Gasteiger partial charge on any atom is 0.377 e. The Morgan fingerprint density at radius 1 is 1.38 bits per heavy atom. The number of carboxylic acid groups (broad SMARTS) is 1. The van der Waals surface area contributed by atoms with Crippen LogP contribution in [0.2, 0.25) is 0 Å². The van der Waals surface area contributed by atoms with E-state index in [0.29, 0.717) is 5.69 Å². The lowest BCUT2D eigenvalue weighted by atomic mass is 10.1. The molecule has 0 aromatic heterocycles. The molecule has 1 aromatic carbocycles. The second kappa shape index (κ2) is 3.26. The van der Waals surface area contributed by atoms with Crippen LogP contribution in [-0.4, -0.2) is 16.9 Å². The molecule has 3 N–H and O–H groups in total. The fourth-order valence-corrected chi connectivity index (χ4v) is 0.905. The average molecular weight is 179 g/mol. The summed E-state index contributed by atoms with van der Waals surface area (Å²) in [7, 11) is 0. The summed E-state index contributed by atoms with van der Waals surface area (Å²) < 4.78 is 0. The number of benzene rings is 1. The molecular weight excluding hydrogens is 170 g/mol. The molecule has 0 radical (unpaired) electrons. The van der Waals surface area contributed by atoms with Crippen LogP contribution in [-0.2, 0) is 4.79 Å². The normalized spacial score (nSPS) is 9.62. The highest BCUT2D eigenvalue weighted by Crippen LogP contribution is 2.13. The van der Waals surface area contributed by atoms with Crippen molar-refractivity contribution in [1.82, 2.24) is 0 Å². The summed E-state index contributed by atoms with van der Waals surface area (Å²) in [6, 6.07) is 4.43. The fourth-order valence-electron chi connectivity index (χ4n) is 0.905. The van der Waals surface area contributed by atoms with E-state index in [1.165, 1.54) is 12.1 Å². The molecule has 1 aromatic rings. The van der Waals surface area contributed by atoms with Crippen molar-refractivity contribution >= 4 is 17.4 Å². The number of rotatable bonds is 2. The van der Waals surface area contributed by atoms with Gasteiger partial charge < -0.3 is 10.8 Å². The minimum Gasteiger partial charge on any atom is -0.475 e. The van der Waals surface area contributed by atoms with E-state index >= 15 is 0 Å². The maximum absolute atomic E-state index is 11.0. The molecule has 0 spiro atoms. The molecule has 4 nitrogen and oxygen atoms in total. The van der Waals surface area contributed by atoms with Crippen LogP contribution < -0.4 is 5.73 Å². The van der Waals surface area contributed by atoms with Gasteiger partial charge in [0.2, 0.25) is 0 Å². The number of aryl methyl sites for hydroxylation is 1. The number of hydrogen-bond donors (Lipinski definition) is 2. The van der Waals surface area contributed by atoms with Gasteiger partial charge in [-0.2, -0.15) is 0 Å². The molecule has 0 amide bonds. The van der Waals surface area contributed by atoms with Gasteiger partial charge in [0.15, 0.2) is 0 Å². The standard InChI is InChI=1S/C9H9NO3/c1-5-2-3-6(4-7(5)10)8(11)9(12)13/h2-4H,10H2,1H3,(H,12,13). The summed E-state index contributed by atoms with van der Waals surface area (Å²) in [5.74, 6) is -2.41. The zero-order valence-corrected chi connectivity index (χ0v) is 7.07. The second-order valence-corrected chi connectivity index (χ2v) is 2.71. The van der Waals surface area contributed by atoms with Gasteiger partial charge in [0, 0.05) is 11.3 Å². The minimum absolute atomic E-state index is 0.107. The summed E-state index contributed by atoms with van der Waals surface area (Å²) in [6.07, 6.45) is 0. The summed E-state index contributed by atoms with van der Waals surface area (Å²) in [4.78, 5) is 21.3. The molecule has 0 saturated carbocycles. The van der Waals surface area contributed by atoms with Crippen molar-refractivity contribution < 1.29 is 14.7 Å². The third-order valence-electron chi connectivity index (χ3n) is 1.74. The van der Waals surface area contributed by atoms with Crippen molar-refractivity contribution in [2.75, 3.05) is 5.73 Å². The van der Waals surface area contributed by atoms with E-state index in [2.05, 4.69) is 0 Å². The quantitative estimate of drug-likeness (QED) is 0.400. The molecule has 0 fully saturated rings. The molecule has 0 heterocycles.